The lowest BCUT2D eigenvalue weighted by Gasteiger charge is -2.28. The van der Waals surface area contributed by atoms with E-state index in [-0.39, 0.29) is 36.3 Å². The number of ether oxygens (including phenoxy) is 1. The molecule has 35 heavy (non-hydrogen) atoms. The maximum atomic E-state index is 13.7. The fourth-order valence-electron chi connectivity index (χ4n) is 3.61. The number of amides is 2. The van der Waals surface area contributed by atoms with Gasteiger partial charge in [-0.3, -0.25) is 10.1 Å². The molecule has 0 aliphatic heterocycles. The van der Waals surface area contributed by atoms with E-state index in [0.717, 1.165) is 5.39 Å². The summed E-state index contributed by atoms with van der Waals surface area (Å²) in [6.07, 6.45) is 2.06. The number of benzene rings is 2. The van der Waals surface area contributed by atoms with Crippen LogP contribution in [0.25, 0.3) is 10.8 Å². The van der Waals surface area contributed by atoms with Gasteiger partial charge >= 0.3 is 6.09 Å². The van der Waals surface area contributed by atoms with Gasteiger partial charge in [-0.25, -0.2) is 18.6 Å². The number of rotatable bonds is 10. The largest absolute Gasteiger partial charge is 0.449 e. The molecular formula is C25H27ClF2N4O3. The quantitative estimate of drug-likeness (QED) is 0.353. The van der Waals surface area contributed by atoms with Gasteiger partial charge in [0.2, 0.25) is 5.91 Å². The highest BCUT2D eigenvalue weighted by Crippen LogP contribution is 2.29. The van der Waals surface area contributed by atoms with Gasteiger partial charge in [0.15, 0.2) is 0 Å². The smallest absolute Gasteiger partial charge is 0.412 e. The number of halogens is 3. The monoisotopic (exact) mass is 504 g/mol. The molecule has 186 valence electrons. The molecule has 0 saturated heterocycles. The number of hydrogen-bond acceptors (Lipinski definition) is 5. The standard InChI is InChI=1S/C25H27ClF2N4O3/c1-25(8-3-10-29,23(33)31-15-17-4-2-5-20(28)22(17)26)9-11-35-24(34)32-21-13-18-12-19(27)7-6-16(18)14-30-21/h2,4-7,12-14H,3,8-11,15,29H2,1H3,(H,31,33)(H,30,32,34). The van der Waals surface area contributed by atoms with Gasteiger partial charge < -0.3 is 15.8 Å². The Balaban J connectivity index is 1.56. The number of nitrogens with two attached hydrogens (primary N) is 1. The Morgan fingerprint density at radius 3 is 2.71 bits per heavy atom. The van der Waals surface area contributed by atoms with Crippen molar-refractivity contribution in [3.63, 3.8) is 0 Å². The van der Waals surface area contributed by atoms with Crippen LogP contribution in [-0.2, 0) is 16.1 Å². The van der Waals surface area contributed by atoms with Gasteiger partial charge in [-0.1, -0.05) is 30.7 Å². The van der Waals surface area contributed by atoms with Crippen LogP contribution in [0.2, 0.25) is 5.02 Å². The summed E-state index contributed by atoms with van der Waals surface area (Å²) < 4.78 is 32.4. The first-order valence-electron chi connectivity index (χ1n) is 11.1. The summed E-state index contributed by atoms with van der Waals surface area (Å²) in [4.78, 5) is 29.3. The summed E-state index contributed by atoms with van der Waals surface area (Å²) >= 11 is 5.97. The Morgan fingerprint density at radius 1 is 1.14 bits per heavy atom. The van der Waals surface area contributed by atoms with Crippen molar-refractivity contribution < 1.29 is 23.1 Å². The zero-order chi connectivity index (χ0) is 25.4. The number of nitrogens with zero attached hydrogens (tertiary/aromatic N) is 1. The normalized spacial score (nSPS) is 12.7. The third-order valence-electron chi connectivity index (χ3n) is 5.75. The van der Waals surface area contributed by atoms with E-state index in [1.807, 2.05) is 0 Å². The molecule has 0 aliphatic carbocycles. The molecule has 3 aromatic rings. The fourth-order valence-corrected chi connectivity index (χ4v) is 3.80. The molecule has 1 unspecified atom stereocenters. The molecule has 3 rings (SSSR count). The molecule has 4 N–H and O–H groups in total. The van der Waals surface area contributed by atoms with Crippen LogP contribution in [0.3, 0.4) is 0 Å². The van der Waals surface area contributed by atoms with Gasteiger partial charge in [0.25, 0.3) is 0 Å². The van der Waals surface area contributed by atoms with Gasteiger partial charge in [-0.15, -0.1) is 0 Å². The number of anilines is 1. The first-order valence-corrected chi connectivity index (χ1v) is 11.5. The summed E-state index contributed by atoms with van der Waals surface area (Å²) in [6.45, 7) is 2.17. The molecular weight excluding hydrogens is 478 g/mol. The highest BCUT2D eigenvalue weighted by molar-refractivity contribution is 6.31. The van der Waals surface area contributed by atoms with Gasteiger partial charge in [-0.05, 0) is 67.1 Å². The lowest BCUT2D eigenvalue weighted by Crippen LogP contribution is -2.40. The number of aromatic nitrogens is 1. The van der Waals surface area contributed by atoms with Crippen LogP contribution in [0.1, 0.15) is 31.7 Å². The van der Waals surface area contributed by atoms with Crippen molar-refractivity contribution in [3.8, 4) is 0 Å². The van der Waals surface area contributed by atoms with Crippen molar-refractivity contribution in [1.82, 2.24) is 10.3 Å². The van der Waals surface area contributed by atoms with Crippen molar-refractivity contribution in [2.45, 2.75) is 32.7 Å². The maximum absolute atomic E-state index is 13.7. The van der Waals surface area contributed by atoms with E-state index < -0.39 is 23.1 Å². The Morgan fingerprint density at radius 2 is 1.94 bits per heavy atom. The van der Waals surface area contributed by atoms with Gasteiger partial charge in [0.05, 0.1) is 11.6 Å². The third-order valence-corrected chi connectivity index (χ3v) is 6.18. The topological polar surface area (TPSA) is 106 Å². The number of carbonyl (C=O) groups excluding carboxylic acids is 2. The second-order valence-electron chi connectivity index (χ2n) is 8.42. The molecule has 0 radical (unpaired) electrons. The van der Waals surface area contributed by atoms with E-state index in [2.05, 4.69) is 15.6 Å². The van der Waals surface area contributed by atoms with E-state index in [0.29, 0.717) is 30.3 Å². The van der Waals surface area contributed by atoms with Crippen LogP contribution < -0.4 is 16.4 Å². The predicted octanol–water partition coefficient (Wildman–Crippen LogP) is 5.17. The zero-order valence-electron chi connectivity index (χ0n) is 19.2. The van der Waals surface area contributed by atoms with Crippen molar-refractivity contribution in [2.24, 2.45) is 11.1 Å². The van der Waals surface area contributed by atoms with Crippen LogP contribution in [0, 0.1) is 17.0 Å². The van der Waals surface area contributed by atoms with Crippen LogP contribution in [-0.4, -0.2) is 30.1 Å². The summed E-state index contributed by atoms with van der Waals surface area (Å²) in [5.41, 5.74) is 5.21. The minimum absolute atomic E-state index is 0.0384. The molecule has 0 spiro atoms. The molecule has 1 heterocycles. The van der Waals surface area contributed by atoms with Crippen molar-refractivity contribution in [3.05, 3.63) is 70.9 Å². The summed E-state index contributed by atoms with van der Waals surface area (Å²) in [6, 6.07) is 10.2. The number of fused-ring (bicyclic) bond motifs is 1. The lowest BCUT2D eigenvalue weighted by atomic mass is 9.81. The van der Waals surface area contributed by atoms with Crippen LogP contribution in [0.5, 0.6) is 0 Å². The van der Waals surface area contributed by atoms with Crippen LogP contribution >= 0.6 is 11.6 Å². The first kappa shape index (κ1) is 26.3. The van der Waals surface area contributed by atoms with Crippen LogP contribution in [0.15, 0.2) is 48.7 Å². The van der Waals surface area contributed by atoms with Crippen molar-refractivity contribution in [1.29, 1.82) is 0 Å². The molecule has 0 bridgehead atoms. The second-order valence-corrected chi connectivity index (χ2v) is 8.80. The highest BCUT2D eigenvalue weighted by atomic mass is 35.5. The molecule has 0 fully saturated rings. The Labute approximate surface area is 207 Å². The molecule has 10 heteroatoms. The number of nitrogens with one attached hydrogen (secondary N) is 2. The Hall–Kier alpha value is -3.30. The maximum Gasteiger partial charge on any atom is 0.412 e. The second kappa shape index (κ2) is 11.9. The van der Waals surface area contributed by atoms with Gasteiger partial charge in [-0.2, -0.15) is 0 Å². The average Bonchev–Trinajstić information content (AvgIpc) is 2.83. The SMILES string of the molecule is CC(CCCN)(CCOC(=O)Nc1cc2cc(F)ccc2cn1)C(=O)NCc1cccc(F)c1Cl. The lowest BCUT2D eigenvalue weighted by molar-refractivity contribution is -0.131. The molecule has 2 amide bonds. The Bertz CT molecular complexity index is 1210. The molecule has 2 aromatic carbocycles. The summed E-state index contributed by atoms with van der Waals surface area (Å²) in [5.74, 6) is -1.03. The van der Waals surface area contributed by atoms with E-state index in [1.165, 1.54) is 36.5 Å². The van der Waals surface area contributed by atoms with E-state index in [9.17, 15) is 18.4 Å². The number of pyridine rings is 1. The summed E-state index contributed by atoms with van der Waals surface area (Å²) in [5, 5.41) is 6.56. The summed E-state index contributed by atoms with van der Waals surface area (Å²) in [7, 11) is 0. The number of carbonyl (C=O) groups is 2. The minimum atomic E-state index is -0.877. The number of hydrogen-bond donors (Lipinski definition) is 3. The van der Waals surface area contributed by atoms with Crippen molar-refractivity contribution in [2.75, 3.05) is 18.5 Å². The van der Waals surface area contributed by atoms with Crippen molar-refractivity contribution >= 4 is 40.2 Å². The van der Waals surface area contributed by atoms with Gasteiger partial charge in [0.1, 0.15) is 17.5 Å². The zero-order valence-corrected chi connectivity index (χ0v) is 20.0. The van der Waals surface area contributed by atoms with Gasteiger partial charge in [0, 0.05) is 23.5 Å². The molecule has 7 nitrogen and oxygen atoms in total. The average molecular weight is 505 g/mol. The minimum Gasteiger partial charge on any atom is -0.449 e. The third kappa shape index (κ3) is 7.10. The predicted molar refractivity (Wildman–Crippen MR) is 131 cm³/mol. The molecule has 1 atom stereocenters. The van der Waals surface area contributed by atoms with E-state index >= 15 is 0 Å². The first-order chi connectivity index (χ1) is 16.7. The Kier molecular flexibility index (Phi) is 8.95. The highest BCUT2D eigenvalue weighted by Gasteiger charge is 2.32. The molecule has 0 aliphatic rings. The van der Waals surface area contributed by atoms with E-state index in [4.69, 9.17) is 22.1 Å². The molecule has 1 aromatic heterocycles. The molecule has 0 saturated carbocycles. The fraction of sp³-hybridized carbons (Fsp3) is 0.320. The van der Waals surface area contributed by atoms with Crippen LogP contribution in [0.4, 0.5) is 19.4 Å². The van der Waals surface area contributed by atoms with E-state index in [1.54, 1.807) is 19.1 Å².